The lowest BCUT2D eigenvalue weighted by molar-refractivity contribution is 0.764. The van der Waals surface area contributed by atoms with Crippen LogP contribution in [0.15, 0.2) is 83.8 Å². The zero-order valence-corrected chi connectivity index (χ0v) is 14.4. The van der Waals surface area contributed by atoms with Crippen molar-refractivity contribution in [2.24, 2.45) is 0 Å². The maximum atomic E-state index is 3.39. The number of nitrogens with one attached hydrogen (secondary N) is 3. The molecule has 0 aliphatic heterocycles. The summed E-state index contributed by atoms with van der Waals surface area (Å²) in [5.74, 6) is 1.43. The minimum Gasteiger partial charge on any atom is -0.391 e. The Morgan fingerprint density at radius 2 is 1.21 bits per heavy atom. The second-order valence-corrected chi connectivity index (χ2v) is 5.76. The maximum Gasteiger partial charge on any atom is 0.0802 e. The molecule has 0 bridgehead atoms. The maximum absolute atomic E-state index is 3.39. The van der Waals surface area contributed by atoms with Gasteiger partial charge in [-0.1, -0.05) is 60.7 Å². The van der Waals surface area contributed by atoms with Gasteiger partial charge in [-0.15, -0.1) is 0 Å². The summed E-state index contributed by atoms with van der Waals surface area (Å²) in [5, 5.41) is 10.0. The van der Waals surface area contributed by atoms with Crippen molar-refractivity contribution in [1.82, 2.24) is 16.0 Å². The van der Waals surface area contributed by atoms with Crippen molar-refractivity contribution >= 4 is 0 Å². The first-order chi connectivity index (χ1) is 11.8. The molecule has 0 unspecified atom stereocenters. The topological polar surface area (TPSA) is 36.1 Å². The van der Waals surface area contributed by atoms with Gasteiger partial charge in [-0.2, -0.15) is 0 Å². The van der Waals surface area contributed by atoms with Crippen LogP contribution in [-0.4, -0.2) is 21.1 Å². The Labute approximate surface area is 144 Å². The summed E-state index contributed by atoms with van der Waals surface area (Å²) in [5.41, 5.74) is 5.95. The predicted molar refractivity (Wildman–Crippen MR) is 100 cm³/mol. The molecule has 0 saturated carbocycles. The quantitative estimate of drug-likeness (QED) is 0.766. The van der Waals surface area contributed by atoms with Gasteiger partial charge in [0.1, 0.15) is 0 Å². The van der Waals surface area contributed by atoms with Crippen molar-refractivity contribution < 1.29 is 0 Å². The molecule has 3 rings (SSSR count). The molecule has 3 nitrogen and oxygen atoms in total. The van der Waals surface area contributed by atoms with Crippen LogP contribution in [0.1, 0.15) is 17.0 Å². The lowest BCUT2D eigenvalue weighted by Crippen LogP contribution is -2.26. The van der Waals surface area contributed by atoms with E-state index >= 15 is 0 Å². The number of hydrogen-bond acceptors (Lipinski definition) is 3. The average molecular weight is 318 g/mol. The molecule has 1 radical (unpaired) electrons. The molecule has 24 heavy (non-hydrogen) atoms. The molecule has 0 atom stereocenters. The highest BCUT2D eigenvalue weighted by atomic mass is 15.0. The van der Waals surface area contributed by atoms with Crippen molar-refractivity contribution in [3.05, 3.63) is 101 Å². The summed E-state index contributed by atoms with van der Waals surface area (Å²) < 4.78 is 0. The Morgan fingerprint density at radius 1 is 0.667 bits per heavy atom. The average Bonchev–Trinajstić information content (AvgIpc) is 3.01. The van der Waals surface area contributed by atoms with Crippen LogP contribution < -0.4 is 16.0 Å². The summed E-state index contributed by atoms with van der Waals surface area (Å²) in [6.45, 7) is 0. The van der Waals surface area contributed by atoms with Gasteiger partial charge in [0.05, 0.1) is 11.6 Å². The number of rotatable bonds is 6. The van der Waals surface area contributed by atoms with E-state index < -0.39 is 0 Å². The van der Waals surface area contributed by atoms with Crippen molar-refractivity contribution in [3.8, 4) is 0 Å². The SMILES string of the molecule is CNC1=CC(NC)=C(NC)[C]1C(c1ccccc1)c1ccccc1. The summed E-state index contributed by atoms with van der Waals surface area (Å²) in [6.07, 6.45) is 2.17. The molecule has 0 saturated heterocycles. The van der Waals surface area contributed by atoms with Crippen LogP contribution in [0.25, 0.3) is 0 Å². The lowest BCUT2D eigenvalue weighted by Gasteiger charge is -2.29. The van der Waals surface area contributed by atoms with E-state index in [2.05, 4.69) is 82.7 Å². The van der Waals surface area contributed by atoms with E-state index in [1.54, 1.807) is 0 Å². The highest BCUT2D eigenvalue weighted by Crippen LogP contribution is 2.44. The normalized spacial score (nSPS) is 14.8. The first-order valence-electron chi connectivity index (χ1n) is 8.26. The molecule has 0 fully saturated rings. The second kappa shape index (κ2) is 7.26. The summed E-state index contributed by atoms with van der Waals surface area (Å²) >= 11 is 0. The van der Waals surface area contributed by atoms with E-state index in [9.17, 15) is 0 Å². The molecule has 0 aromatic heterocycles. The van der Waals surface area contributed by atoms with Gasteiger partial charge in [-0.3, -0.25) is 0 Å². The van der Waals surface area contributed by atoms with Gasteiger partial charge in [0.15, 0.2) is 0 Å². The summed E-state index contributed by atoms with van der Waals surface area (Å²) in [6, 6.07) is 21.3. The number of benzene rings is 2. The Morgan fingerprint density at radius 3 is 1.62 bits per heavy atom. The third kappa shape index (κ3) is 2.90. The van der Waals surface area contributed by atoms with Gasteiger partial charge in [0, 0.05) is 38.5 Å². The molecule has 2 aromatic rings. The van der Waals surface area contributed by atoms with Crippen LogP contribution in [0, 0.1) is 5.92 Å². The van der Waals surface area contributed by atoms with Crippen LogP contribution >= 0.6 is 0 Å². The van der Waals surface area contributed by atoms with E-state index in [-0.39, 0.29) is 5.92 Å². The lowest BCUT2D eigenvalue weighted by atomic mass is 9.78. The molecular formula is C21H24N3. The fourth-order valence-corrected chi connectivity index (χ4v) is 3.36. The number of likely N-dealkylation sites (N-methyl/N-ethyl adjacent to an activating group) is 1. The zero-order chi connectivity index (χ0) is 16.9. The van der Waals surface area contributed by atoms with E-state index in [0.29, 0.717) is 0 Å². The Kier molecular flexibility index (Phi) is 4.90. The predicted octanol–water partition coefficient (Wildman–Crippen LogP) is 3.16. The van der Waals surface area contributed by atoms with Crippen LogP contribution in [0.4, 0.5) is 0 Å². The Hall–Kier alpha value is -2.68. The Balaban J connectivity index is 2.15. The van der Waals surface area contributed by atoms with E-state index in [1.807, 2.05) is 21.1 Å². The first-order valence-corrected chi connectivity index (χ1v) is 8.26. The molecule has 1 aliphatic rings. The van der Waals surface area contributed by atoms with Crippen molar-refractivity contribution in [3.63, 3.8) is 0 Å². The highest BCUT2D eigenvalue weighted by Gasteiger charge is 2.36. The molecule has 2 aromatic carbocycles. The summed E-state index contributed by atoms with van der Waals surface area (Å²) in [4.78, 5) is 0. The van der Waals surface area contributed by atoms with Crippen LogP contribution in [0.2, 0.25) is 0 Å². The van der Waals surface area contributed by atoms with E-state index in [1.165, 1.54) is 17.0 Å². The molecule has 0 amide bonds. The standard InChI is InChI=1S/C21H24N3/c1-22-17-14-18(23-2)21(24-3)20(17)19(15-10-6-4-7-11-15)16-12-8-5-9-13-16/h4-14,19,22-24H,1-3H3. The fourth-order valence-electron chi connectivity index (χ4n) is 3.36. The van der Waals surface area contributed by atoms with Crippen molar-refractivity contribution in [2.75, 3.05) is 21.1 Å². The number of allylic oxidation sites excluding steroid dienone is 1. The molecule has 123 valence electrons. The van der Waals surface area contributed by atoms with Gasteiger partial charge < -0.3 is 16.0 Å². The van der Waals surface area contributed by atoms with Gasteiger partial charge in [0.2, 0.25) is 0 Å². The van der Waals surface area contributed by atoms with Gasteiger partial charge in [-0.25, -0.2) is 0 Å². The molecule has 3 heteroatoms. The van der Waals surface area contributed by atoms with Gasteiger partial charge in [0.25, 0.3) is 0 Å². The van der Waals surface area contributed by atoms with E-state index in [0.717, 1.165) is 17.1 Å². The Bertz CT molecular complexity index is 693. The molecule has 0 heterocycles. The van der Waals surface area contributed by atoms with Crippen LogP contribution in [-0.2, 0) is 0 Å². The largest absolute Gasteiger partial charge is 0.391 e. The minimum atomic E-state index is 0.166. The van der Waals surface area contributed by atoms with Gasteiger partial charge in [-0.05, 0) is 17.2 Å². The molecular weight excluding hydrogens is 294 g/mol. The van der Waals surface area contributed by atoms with Crippen LogP contribution in [0.5, 0.6) is 0 Å². The molecule has 3 N–H and O–H groups in total. The number of hydrogen-bond donors (Lipinski definition) is 3. The van der Waals surface area contributed by atoms with Crippen LogP contribution in [0.3, 0.4) is 0 Å². The highest BCUT2D eigenvalue weighted by molar-refractivity contribution is 5.60. The van der Waals surface area contributed by atoms with E-state index in [4.69, 9.17) is 0 Å². The smallest absolute Gasteiger partial charge is 0.0802 e. The van der Waals surface area contributed by atoms with Gasteiger partial charge >= 0.3 is 0 Å². The molecule has 1 aliphatic carbocycles. The first kappa shape index (κ1) is 16.2. The zero-order valence-electron chi connectivity index (χ0n) is 14.4. The minimum absolute atomic E-state index is 0.166. The van der Waals surface area contributed by atoms with Crippen molar-refractivity contribution in [1.29, 1.82) is 0 Å². The third-order valence-corrected chi connectivity index (χ3v) is 4.46. The third-order valence-electron chi connectivity index (χ3n) is 4.46. The second-order valence-electron chi connectivity index (χ2n) is 5.76. The monoisotopic (exact) mass is 318 g/mol. The molecule has 0 spiro atoms. The van der Waals surface area contributed by atoms with Crippen molar-refractivity contribution in [2.45, 2.75) is 5.92 Å². The summed E-state index contributed by atoms with van der Waals surface area (Å²) in [7, 11) is 5.91. The fraction of sp³-hybridized carbons (Fsp3) is 0.190.